The van der Waals surface area contributed by atoms with Crippen molar-refractivity contribution in [3.8, 4) is 0 Å². The molecule has 0 aromatic heterocycles. The van der Waals surface area contributed by atoms with Gasteiger partial charge in [0.25, 0.3) is 10.0 Å². The van der Waals surface area contributed by atoms with Crippen LogP contribution in [-0.2, 0) is 38.8 Å². The molecule has 4 aromatic carbocycles. The number of rotatable bonds is 13. The lowest BCUT2D eigenvalue weighted by molar-refractivity contribution is -0.140. The second-order valence-electron chi connectivity index (χ2n) is 11.3. The first-order chi connectivity index (χ1) is 23.1. The number of hydrogen-bond donors (Lipinski definition) is 1. The molecule has 0 aliphatic heterocycles. The molecule has 14 heteroatoms. The largest absolute Gasteiger partial charge is 0.416 e. The van der Waals surface area contributed by atoms with Crippen LogP contribution < -0.4 is 9.62 Å². The standard InChI is InChI=1S/C35H33Cl3F3N3O4S/c1-3-23(2)42-34(46)32(19-24-10-6-4-7-11-24)43(21-25-14-16-28(36)30(38)18-25)33(45)22-44(49(47,48)27-12-8-5-9-13-27)31-20-26(35(39,40)41)15-17-29(31)37/h4-18,20,23,32H,3,19,21-22H2,1-2H3,(H,42,46)/t23-,32+/m1/s1. The van der Waals surface area contributed by atoms with Crippen molar-refractivity contribution in [3.05, 3.63) is 129 Å². The Morgan fingerprint density at radius 2 is 1.43 bits per heavy atom. The Morgan fingerprint density at radius 3 is 2.02 bits per heavy atom. The molecule has 0 fully saturated rings. The molecule has 2 amide bonds. The summed E-state index contributed by atoms with van der Waals surface area (Å²) in [5, 5.41) is 2.99. The summed E-state index contributed by atoms with van der Waals surface area (Å²) in [6.45, 7) is 2.45. The van der Waals surface area contributed by atoms with Crippen LogP contribution >= 0.6 is 34.8 Å². The van der Waals surface area contributed by atoms with E-state index < -0.39 is 51.9 Å². The second-order valence-corrected chi connectivity index (χ2v) is 14.4. The van der Waals surface area contributed by atoms with E-state index in [1.54, 1.807) is 49.4 Å². The number of sulfonamides is 1. The minimum absolute atomic E-state index is 0.0337. The summed E-state index contributed by atoms with van der Waals surface area (Å²) >= 11 is 18.8. The molecule has 0 saturated carbocycles. The Labute approximate surface area is 298 Å². The maximum Gasteiger partial charge on any atom is 0.416 e. The fraction of sp³-hybridized carbons (Fsp3) is 0.257. The average molecular weight is 755 g/mol. The average Bonchev–Trinajstić information content (AvgIpc) is 3.07. The van der Waals surface area contributed by atoms with E-state index in [2.05, 4.69) is 5.32 Å². The molecule has 0 aliphatic rings. The quantitative estimate of drug-likeness (QED) is 0.149. The lowest BCUT2D eigenvalue weighted by atomic mass is 10.0. The van der Waals surface area contributed by atoms with E-state index in [4.69, 9.17) is 34.8 Å². The van der Waals surface area contributed by atoms with E-state index in [1.807, 2.05) is 6.92 Å². The van der Waals surface area contributed by atoms with Crippen molar-refractivity contribution in [2.24, 2.45) is 0 Å². The van der Waals surface area contributed by atoms with E-state index in [0.717, 1.165) is 6.07 Å². The number of amides is 2. The Hall–Kier alpha value is -3.77. The number of halogens is 6. The zero-order valence-corrected chi connectivity index (χ0v) is 29.5. The van der Waals surface area contributed by atoms with Gasteiger partial charge in [-0.15, -0.1) is 0 Å². The number of hydrogen-bond acceptors (Lipinski definition) is 4. The molecule has 2 atom stereocenters. The SMILES string of the molecule is CC[C@@H](C)NC(=O)[C@H](Cc1ccccc1)N(Cc1ccc(Cl)c(Cl)c1)C(=O)CN(c1cc(C(F)(F)F)ccc1Cl)S(=O)(=O)c1ccccc1. The highest BCUT2D eigenvalue weighted by atomic mass is 35.5. The summed E-state index contributed by atoms with van der Waals surface area (Å²) < 4.78 is 70.4. The van der Waals surface area contributed by atoms with E-state index in [0.29, 0.717) is 34.0 Å². The van der Waals surface area contributed by atoms with Crippen LogP contribution in [0.3, 0.4) is 0 Å². The molecule has 0 aliphatic carbocycles. The molecule has 0 spiro atoms. The third kappa shape index (κ3) is 9.69. The number of anilines is 1. The minimum Gasteiger partial charge on any atom is -0.352 e. The summed E-state index contributed by atoms with van der Waals surface area (Å²) in [7, 11) is -4.69. The molecule has 1 N–H and O–H groups in total. The first-order valence-corrected chi connectivity index (χ1v) is 17.7. The van der Waals surface area contributed by atoms with E-state index in [9.17, 15) is 31.2 Å². The van der Waals surface area contributed by atoms with Gasteiger partial charge >= 0.3 is 6.18 Å². The van der Waals surface area contributed by atoms with Crippen molar-refractivity contribution < 1.29 is 31.2 Å². The molecule has 0 radical (unpaired) electrons. The Balaban J connectivity index is 1.89. The minimum atomic E-state index is -4.85. The first kappa shape index (κ1) is 38.0. The van der Waals surface area contributed by atoms with Crippen LogP contribution in [0.2, 0.25) is 15.1 Å². The van der Waals surface area contributed by atoms with Crippen LogP contribution in [0.15, 0.2) is 102 Å². The molecule has 4 rings (SSSR count). The second kappa shape index (κ2) is 16.3. The lowest BCUT2D eigenvalue weighted by Crippen LogP contribution is -2.54. The molecule has 0 unspecified atom stereocenters. The van der Waals surface area contributed by atoms with Gasteiger partial charge in [0.2, 0.25) is 11.8 Å². The number of carbonyl (C=O) groups is 2. The molecule has 49 heavy (non-hydrogen) atoms. The van der Waals surface area contributed by atoms with Crippen molar-refractivity contribution in [2.75, 3.05) is 10.8 Å². The summed E-state index contributed by atoms with van der Waals surface area (Å²) in [6.07, 6.45) is -4.23. The fourth-order valence-electron chi connectivity index (χ4n) is 4.94. The van der Waals surface area contributed by atoms with E-state index >= 15 is 0 Å². The number of benzene rings is 4. The van der Waals surface area contributed by atoms with Crippen LogP contribution in [0.5, 0.6) is 0 Å². The third-order valence-electron chi connectivity index (χ3n) is 7.76. The Morgan fingerprint density at radius 1 is 0.816 bits per heavy atom. The highest BCUT2D eigenvalue weighted by Crippen LogP contribution is 2.37. The normalized spacial score (nSPS) is 13.0. The summed E-state index contributed by atoms with van der Waals surface area (Å²) in [6, 6.07) is 21.2. The zero-order chi connectivity index (χ0) is 35.9. The van der Waals surface area contributed by atoms with Gasteiger partial charge < -0.3 is 10.2 Å². The monoisotopic (exact) mass is 753 g/mol. The van der Waals surface area contributed by atoms with E-state index in [-0.39, 0.29) is 39.0 Å². The smallest absolute Gasteiger partial charge is 0.352 e. The van der Waals surface area contributed by atoms with E-state index in [1.165, 1.54) is 41.3 Å². The van der Waals surface area contributed by atoms with Crippen LogP contribution in [0, 0.1) is 0 Å². The fourth-order valence-corrected chi connectivity index (χ4v) is 6.98. The van der Waals surface area contributed by atoms with Gasteiger partial charge in [-0.3, -0.25) is 13.9 Å². The van der Waals surface area contributed by atoms with Gasteiger partial charge in [0.05, 0.1) is 31.2 Å². The van der Waals surface area contributed by atoms with Crippen molar-refractivity contribution in [1.29, 1.82) is 0 Å². The van der Waals surface area contributed by atoms with Gasteiger partial charge in [0.1, 0.15) is 12.6 Å². The van der Waals surface area contributed by atoms with Gasteiger partial charge in [0.15, 0.2) is 0 Å². The van der Waals surface area contributed by atoms with Gasteiger partial charge in [-0.2, -0.15) is 13.2 Å². The first-order valence-electron chi connectivity index (χ1n) is 15.1. The van der Waals surface area contributed by atoms with Crippen molar-refractivity contribution in [2.45, 2.75) is 56.4 Å². The maximum atomic E-state index is 14.6. The van der Waals surface area contributed by atoms with Crippen LogP contribution in [-0.4, -0.2) is 43.8 Å². The Bertz CT molecular complexity index is 1880. The van der Waals surface area contributed by atoms with Crippen LogP contribution in [0.1, 0.15) is 37.0 Å². The van der Waals surface area contributed by atoms with Crippen molar-refractivity contribution in [1.82, 2.24) is 10.2 Å². The molecular formula is C35H33Cl3F3N3O4S. The summed E-state index contributed by atoms with van der Waals surface area (Å²) in [5.74, 6) is -1.40. The van der Waals surface area contributed by atoms with Crippen molar-refractivity contribution >= 4 is 62.3 Å². The highest BCUT2D eigenvalue weighted by Gasteiger charge is 2.37. The van der Waals surface area contributed by atoms with Crippen LogP contribution in [0.4, 0.5) is 18.9 Å². The molecule has 0 saturated heterocycles. The van der Waals surface area contributed by atoms with Gasteiger partial charge in [-0.05, 0) is 66.9 Å². The third-order valence-corrected chi connectivity index (χ3v) is 10.6. The van der Waals surface area contributed by atoms with Crippen LogP contribution in [0.25, 0.3) is 0 Å². The number of alkyl halides is 3. The molecule has 0 heterocycles. The topological polar surface area (TPSA) is 86.8 Å². The maximum absolute atomic E-state index is 14.6. The predicted octanol–water partition coefficient (Wildman–Crippen LogP) is 8.42. The zero-order valence-electron chi connectivity index (χ0n) is 26.4. The van der Waals surface area contributed by atoms with Gasteiger partial charge in [-0.25, -0.2) is 8.42 Å². The molecular weight excluding hydrogens is 722 g/mol. The Kier molecular flexibility index (Phi) is 12.6. The molecule has 0 bridgehead atoms. The lowest BCUT2D eigenvalue weighted by Gasteiger charge is -2.34. The summed E-state index contributed by atoms with van der Waals surface area (Å²) in [5.41, 5.74) is -0.567. The number of nitrogens with one attached hydrogen (secondary N) is 1. The van der Waals surface area contributed by atoms with Gasteiger partial charge in [-0.1, -0.05) is 96.3 Å². The van der Waals surface area contributed by atoms with Crippen molar-refractivity contribution in [3.63, 3.8) is 0 Å². The molecule has 4 aromatic rings. The number of carbonyl (C=O) groups excluding carboxylic acids is 2. The molecule has 260 valence electrons. The summed E-state index contributed by atoms with van der Waals surface area (Å²) in [4.78, 5) is 29.4. The predicted molar refractivity (Wildman–Crippen MR) is 186 cm³/mol. The highest BCUT2D eigenvalue weighted by molar-refractivity contribution is 7.92. The molecule has 7 nitrogen and oxygen atoms in total. The van der Waals surface area contributed by atoms with Gasteiger partial charge in [0, 0.05) is 19.0 Å². The number of nitrogens with zero attached hydrogens (tertiary/aromatic N) is 2.